The molecule has 1 atom stereocenters. The molecule has 4 nitrogen and oxygen atoms in total. The smallest absolute Gasteiger partial charge is 0.242 e. The monoisotopic (exact) mass is 444 g/mol. The maximum atomic E-state index is 13.1. The minimum Gasteiger partial charge on any atom is -0.352 e. The lowest BCUT2D eigenvalue weighted by Crippen LogP contribution is -2.50. The summed E-state index contributed by atoms with van der Waals surface area (Å²) in [6, 6.07) is 15.2. The van der Waals surface area contributed by atoms with Crippen molar-refractivity contribution in [3.8, 4) is 0 Å². The molecule has 0 heterocycles. The molecule has 2 aromatic carbocycles. The summed E-state index contributed by atoms with van der Waals surface area (Å²) in [6.07, 6.45) is 4.35. The van der Waals surface area contributed by atoms with Gasteiger partial charge in [-0.1, -0.05) is 54.3 Å². The summed E-state index contributed by atoms with van der Waals surface area (Å²) in [5, 5.41) is 3.78. The predicted molar refractivity (Wildman–Crippen MR) is 124 cm³/mol. The van der Waals surface area contributed by atoms with Crippen molar-refractivity contribution in [3.63, 3.8) is 0 Å². The molecule has 6 heteroatoms. The average molecular weight is 445 g/mol. The lowest BCUT2D eigenvalue weighted by Gasteiger charge is -2.29. The number of hydrogen-bond acceptors (Lipinski definition) is 3. The Morgan fingerprint density at radius 3 is 2.37 bits per heavy atom. The highest BCUT2D eigenvalue weighted by Gasteiger charge is 2.28. The molecule has 0 radical (unpaired) electrons. The van der Waals surface area contributed by atoms with E-state index in [0.717, 1.165) is 36.1 Å². The molecule has 0 aromatic heterocycles. The van der Waals surface area contributed by atoms with Crippen LogP contribution in [0, 0.1) is 6.92 Å². The van der Waals surface area contributed by atoms with Crippen LogP contribution in [0.5, 0.6) is 0 Å². The van der Waals surface area contributed by atoms with Gasteiger partial charge in [-0.15, -0.1) is 11.8 Å². The molecule has 1 fully saturated rings. The maximum Gasteiger partial charge on any atom is 0.242 e. The van der Waals surface area contributed by atoms with E-state index in [2.05, 4.69) is 5.32 Å². The molecule has 2 aromatic rings. The van der Waals surface area contributed by atoms with Crippen LogP contribution in [0.1, 0.15) is 43.7 Å². The Hall–Kier alpha value is -1.98. The molecule has 0 spiro atoms. The van der Waals surface area contributed by atoms with Gasteiger partial charge in [0.25, 0.3) is 0 Å². The van der Waals surface area contributed by atoms with E-state index in [-0.39, 0.29) is 23.6 Å². The minimum atomic E-state index is -0.535. The van der Waals surface area contributed by atoms with E-state index in [1.165, 1.54) is 17.3 Å². The van der Waals surface area contributed by atoms with Gasteiger partial charge in [0.2, 0.25) is 11.8 Å². The molecule has 0 unspecified atom stereocenters. The lowest BCUT2D eigenvalue weighted by molar-refractivity contribution is -0.138. The van der Waals surface area contributed by atoms with Crippen molar-refractivity contribution >= 4 is 35.2 Å². The SMILES string of the molecule is Cc1ccc(SCC(=O)N(Cc2ccc(Cl)cc2)[C@H](C)C(=O)NC2CCCC2)cc1. The molecule has 1 N–H and O–H groups in total. The largest absolute Gasteiger partial charge is 0.352 e. The van der Waals surface area contributed by atoms with Gasteiger partial charge in [-0.05, 0) is 56.5 Å². The number of carbonyl (C=O) groups excluding carboxylic acids is 2. The van der Waals surface area contributed by atoms with Crippen molar-refractivity contribution in [2.75, 3.05) is 5.75 Å². The molecular formula is C24H29ClN2O2S. The summed E-state index contributed by atoms with van der Waals surface area (Å²) < 4.78 is 0. The van der Waals surface area contributed by atoms with Crippen molar-refractivity contribution in [1.82, 2.24) is 10.2 Å². The fourth-order valence-electron chi connectivity index (χ4n) is 3.62. The summed E-state index contributed by atoms with van der Waals surface area (Å²) >= 11 is 7.50. The first-order valence-electron chi connectivity index (χ1n) is 10.5. The zero-order chi connectivity index (χ0) is 21.5. The van der Waals surface area contributed by atoms with Crippen LogP contribution in [-0.4, -0.2) is 34.6 Å². The predicted octanol–water partition coefficient (Wildman–Crippen LogP) is 5.22. The van der Waals surface area contributed by atoms with E-state index >= 15 is 0 Å². The third-order valence-electron chi connectivity index (χ3n) is 5.52. The highest BCUT2D eigenvalue weighted by molar-refractivity contribution is 8.00. The molecule has 0 saturated heterocycles. The van der Waals surface area contributed by atoms with E-state index in [1.54, 1.807) is 4.90 Å². The van der Waals surface area contributed by atoms with Crippen LogP contribution >= 0.6 is 23.4 Å². The third kappa shape index (κ3) is 6.51. The maximum absolute atomic E-state index is 13.1. The molecule has 3 rings (SSSR count). The fraction of sp³-hybridized carbons (Fsp3) is 0.417. The molecule has 2 amide bonds. The number of rotatable bonds is 8. The van der Waals surface area contributed by atoms with E-state index in [1.807, 2.05) is 62.4 Å². The minimum absolute atomic E-state index is 0.0513. The highest BCUT2D eigenvalue weighted by atomic mass is 35.5. The first kappa shape index (κ1) is 22.7. The Kier molecular flexibility index (Phi) is 8.23. The van der Waals surface area contributed by atoms with Gasteiger partial charge in [0.05, 0.1) is 5.75 Å². The van der Waals surface area contributed by atoms with E-state index in [9.17, 15) is 9.59 Å². The Bertz CT molecular complexity index is 849. The Balaban J connectivity index is 1.69. The summed E-state index contributed by atoms with van der Waals surface area (Å²) in [5.74, 6) is 0.159. The van der Waals surface area contributed by atoms with E-state index < -0.39 is 6.04 Å². The number of aryl methyl sites for hydroxylation is 1. The van der Waals surface area contributed by atoms with Crippen LogP contribution in [0.3, 0.4) is 0 Å². The zero-order valence-electron chi connectivity index (χ0n) is 17.6. The second-order valence-corrected chi connectivity index (χ2v) is 9.40. The second kappa shape index (κ2) is 10.9. The van der Waals surface area contributed by atoms with Crippen LogP contribution < -0.4 is 5.32 Å². The van der Waals surface area contributed by atoms with Crippen LogP contribution in [-0.2, 0) is 16.1 Å². The standard InChI is InChI=1S/C24H29ClN2O2S/c1-17-7-13-22(14-8-17)30-16-23(28)27(15-19-9-11-20(25)12-10-19)18(2)24(29)26-21-5-3-4-6-21/h7-14,18,21H,3-6,15-16H2,1-2H3,(H,26,29)/t18-/m1/s1. The van der Waals surface area contributed by atoms with Gasteiger partial charge < -0.3 is 10.2 Å². The molecule has 0 aliphatic heterocycles. The number of carbonyl (C=O) groups is 2. The summed E-state index contributed by atoms with van der Waals surface area (Å²) in [5.41, 5.74) is 2.14. The number of benzene rings is 2. The molecule has 0 bridgehead atoms. The quantitative estimate of drug-likeness (QED) is 0.568. The zero-order valence-corrected chi connectivity index (χ0v) is 19.1. The van der Waals surface area contributed by atoms with Gasteiger partial charge in [0.15, 0.2) is 0 Å². The topological polar surface area (TPSA) is 49.4 Å². The van der Waals surface area contributed by atoms with Crippen molar-refractivity contribution in [2.45, 2.75) is 63.1 Å². The first-order valence-corrected chi connectivity index (χ1v) is 11.8. The molecule has 30 heavy (non-hydrogen) atoms. The number of amides is 2. The number of nitrogens with one attached hydrogen (secondary N) is 1. The van der Waals surface area contributed by atoms with Gasteiger partial charge in [-0.2, -0.15) is 0 Å². The highest BCUT2D eigenvalue weighted by Crippen LogP contribution is 2.22. The van der Waals surface area contributed by atoms with Crippen LogP contribution in [0.2, 0.25) is 5.02 Å². The first-order chi connectivity index (χ1) is 14.4. The van der Waals surface area contributed by atoms with Gasteiger partial charge in [0, 0.05) is 22.5 Å². The van der Waals surface area contributed by atoms with E-state index in [0.29, 0.717) is 11.6 Å². The molecule has 160 valence electrons. The number of halogens is 1. The average Bonchev–Trinajstić information content (AvgIpc) is 3.25. The number of thioether (sulfide) groups is 1. The Labute approximate surface area is 188 Å². The van der Waals surface area contributed by atoms with Crippen molar-refractivity contribution in [1.29, 1.82) is 0 Å². The van der Waals surface area contributed by atoms with Gasteiger partial charge in [-0.3, -0.25) is 9.59 Å². The van der Waals surface area contributed by atoms with Crippen molar-refractivity contribution in [2.24, 2.45) is 0 Å². The van der Waals surface area contributed by atoms with Gasteiger partial charge >= 0.3 is 0 Å². The molecule has 1 saturated carbocycles. The summed E-state index contributed by atoms with van der Waals surface area (Å²) in [6.45, 7) is 4.23. The molecular weight excluding hydrogens is 416 g/mol. The Morgan fingerprint density at radius 2 is 1.73 bits per heavy atom. The normalized spacial score (nSPS) is 15.0. The van der Waals surface area contributed by atoms with Crippen molar-refractivity contribution in [3.05, 3.63) is 64.7 Å². The second-order valence-electron chi connectivity index (χ2n) is 7.92. The summed E-state index contributed by atoms with van der Waals surface area (Å²) in [7, 11) is 0. The van der Waals surface area contributed by atoms with E-state index in [4.69, 9.17) is 11.6 Å². The fourth-order valence-corrected chi connectivity index (χ4v) is 4.53. The van der Waals surface area contributed by atoms with Crippen LogP contribution in [0.15, 0.2) is 53.4 Å². The number of nitrogens with zero attached hydrogens (tertiary/aromatic N) is 1. The van der Waals surface area contributed by atoms with Crippen LogP contribution in [0.4, 0.5) is 0 Å². The van der Waals surface area contributed by atoms with Gasteiger partial charge in [-0.25, -0.2) is 0 Å². The van der Waals surface area contributed by atoms with Crippen molar-refractivity contribution < 1.29 is 9.59 Å². The van der Waals surface area contributed by atoms with Crippen LogP contribution in [0.25, 0.3) is 0 Å². The molecule has 1 aliphatic rings. The lowest BCUT2D eigenvalue weighted by atomic mass is 10.1. The Morgan fingerprint density at radius 1 is 1.10 bits per heavy atom. The third-order valence-corrected chi connectivity index (χ3v) is 6.77. The number of hydrogen-bond donors (Lipinski definition) is 1. The molecule has 1 aliphatic carbocycles. The summed E-state index contributed by atoms with van der Waals surface area (Å²) in [4.78, 5) is 28.7. The van der Waals surface area contributed by atoms with Gasteiger partial charge in [0.1, 0.15) is 6.04 Å².